The molecule has 0 N–H and O–H groups in total. The Bertz CT molecular complexity index is 529. The molecule has 0 aliphatic heterocycles. The Kier molecular flexibility index (Phi) is 5.09. The van der Waals surface area contributed by atoms with E-state index < -0.39 is 30.0 Å². The molecular formula is C13H12ClF7O. The van der Waals surface area contributed by atoms with Gasteiger partial charge in [0.2, 0.25) is 0 Å². The largest absolute Gasteiger partial charge is 0.459 e. The van der Waals surface area contributed by atoms with Gasteiger partial charge in [0.15, 0.2) is 0 Å². The number of rotatable bonds is 5. The third-order valence-electron chi connectivity index (χ3n) is 3.26. The molecule has 0 aliphatic rings. The lowest BCUT2D eigenvalue weighted by Crippen LogP contribution is -2.54. The summed E-state index contributed by atoms with van der Waals surface area (Å²) in [5.41, 5.74) is -2.12. The van der Waals surface area contributed by atoms with Crippen LogP contribution >= 0.6 is 11.6 Å². The Balaban J connectivity index is 3.22. The number of hydrogen-bond donors (Lipinski definition) is 0. The first kappa shape index (κ1) is 19.0. The summed E-state index contributed by atoms with van der Waals surface area (Å²) in [6.45, 7) is 0.985. The van der Waals surface area contributed by atoms with Crippen molar-refractivity contribution in [1.82, 2.24) is 0 Å². The number of alkyl halides is 7. The van der Waals surface area contributed by atoms with Crippen molar-refractivity contribution in [2.45, 2.75) is 37.0 Å². The topological polar surface area (TPSA) is 9.23 Å². The molecule has 0 fully saturated rings. The summed E-state index contributed by atoms with van der Waals surface area (Å²) < 4.78 is 94.5. The second-order valence-corrected chi connectivity index (χ2v) is 5.34. The van der Waals surface area contributed by atoms with E-state index in [0.717, 1.165) is 20.1 Å². The highest BCUT2D eigenvalue weighted by Crippen LogP contribution is 2.51. The number of methoxy groups -OCH3 is 1. The quantitative estimate of drug-likeness (QED) is 0.642. The van der Waals surface area contributed by atoms with Crippen LogP contribution in [0.15, 0.2) is 24.3 Å². The van der Waals surface area contributed by atoms with Crippen molar-refractivity contribution in [2.75, 3.05) is 7.11 Å². The van der Waals surface area contributed by atoms with Gasteiger partial charge in [0, 0.05) is 12.1 Å². The minimum atomic E-state index is -6.38. The Morgan fingerprint density at radius 2 is 1.59 bits per heavy atom. The van der Waals surface area contributed by atoms with Gasteiger partial charge in [0.25, 0.3) is 0 Å². The summed E-state index contributed by atoms with van der Waals surface area (Å²) in [5.74, 6) is -11.5. The average molecular weight is 353 g/mol. The maximum Gasteiger partial charge on any atom is 0.459 e. The zero-order valence-electron chi connectivity index (χ0n) is 11.4. The molecule has 1 nitrogen and oxygen atoms in total. The lowest BCUT2D eigenvalue weighted by atomic mass is 9.87. The van der Waals surface area contributed by atoms with Gasteiger partial charge in [-0.2, -0.15) is 30.7 Å². The molecule has 0 bridgehead atoms. The minimum Gasteiger partial charge on any atom is -0.374 e. The van der Waals surface area contributed by atoms with Crippen molar-refractivity contribution in [3.8, 4) is 0 Å². The second-order valence-electron chi connectivity index (χ2n) is 4.90. The summed E-state index contributed by atoms with van der Waals surface area (Å²) in [7, 11) is 0.933. The van der Waals surface area contributed by atoms with Crippen LogP contribution in [0.2, 0.25) is 5.02 Å². The van der Waals surface area contributed by atoms with Crippen LogP contribution in [0.25, 0.3) is 0 Å². The van der Waals surface area contributed by atoms with Gasteiger partial charge in [-0.05, 0) is 24.6 Å². The van der Waals surface area contributed by atoms with Crippen molar-refractivity contribution in [1.29, 1.82) is 0 Å². The molecule has 1 aromatic carbocycles. The molecule has 9 heteroatoms. The van der Waals surface area contributed by atoms with E-state index in [1.165, 1.54) is 18.2 Å². The molecule has 0 amide bonds. The lowest BCUT2D eigenvalue weighted by Gasteiger charge is -2.36. The molecule has 0 aromatic heterocycles. The van der Waals surface area contributed by atoms with Crippen LogP contribution in [0.4, 0.5) is 30.7 Å². The van der Waals surface area contributed by atoms with Crippen molar-refractivity contribution >= 4 is 11.6 Å². The fourth-order valence-corrected chi connectivity index (χ4v) is 2.04. The molecule has 1 aromatic rings. The zero-order chi connectivity index (χ0) is 17.4. The van der Waals surface area contributed by atoms with E-state index in [-0.39, 0.29) is 10.6 Å². The number of hydrogen-bond acceptors (Lipinski definition) is 1. The summed E-state index contributed by atoms with van der Waals surface area (Å²) in [6.07, 6.45) is -8.25. The minimum absolute atomic E-state index is 0.0415. The molecule has 22 heavy (non-hydrogen) atoms. The molecule has 1 unspecified atom stereocenters. The fourth-order valence-electron chi connectivity index (χ4n) is 1.85. The first-order valence-corrected chi connectivity index (χ1v) is 6.28. The third-order valence-corrected chi connectivity index (χ3v) is 3.50. The van der Waals surface area contributed by atoms with Gasteiger partial charge >= 0.3 is 18.0 Å². The smallest absolute Gasteiger partial charge is 0.374 e. The Morgan fingerprint density at radius 3 is 2.00 bits per heavy atom. The maximum absolute atomic E-state index is 13.6. The van der Waals surface area contributed by atoms with Crippen LogP contribution in [0.1, 0.15) is 18.9 Å². The van der Waals surface area contributed by atoms with Gasteiger partial charge in [0.05, 0.1) is 12.0 Å². The molecule has 0 saturated heterocycles. The van der Waals surface area contributed by atoms with Crippen LogP contribution in [0.5, 0.6) is 0 Å². The first-order valence-electron chi connectivity index (χ1n) is 5.90. The number of benzene rings is 1. The molecule has 0 spiro atoms. The predicted octanol–water partition coefficient (Wildman–Crippen LogP) is 5.42. The molecule has 126 valence electrons. The SMILES string of the molecule is COC(C)(CC(F)(F)C(F)(F)C(F)(F)F)c1cccc(Cl)c1. The zero-order valence-corrected chi connectivity index (χ0v) is 12.2. The van der Waals surface area contributed by atoms with Gasteiger partial charge in [-0.15, -0.1) is 0 Å². The third kappa shape index (κ3) is 3.48. The lowest BCUT2D eigenvalue weighted by molar-refractivity contribution is -0.361. The molecule has 1 rings (SSSR count). The standard InChI is InChI=1S/C13H12ClF7O/c1-10(22-2,8-4-3-5-9(14)6-8)7-11(15,16)12(17,18)13(19,20)21/h3-6H,7H2,1-2H3. The Hall–Kier alpha value is -1.02. The summed E-state index contributed by atoms with van der Waals surface area (Å²) in [6, 6.07) is 5.14. The van der Waals surface area contributed by atoms with Crippen molar-refractivity contribution < 1.29 is 35.5 Å². The number of ether oxygens (including phenoxy) is 1. The van der Waals surface area contributed by atoms with E-state index in [1.54, 1.807) is 0 Å². The maximum atomic E-state index is 13.6. The van der Waals surface area contributed by atoms with Crippen molar-refractivity contribution in [3.05, 3.63) is 34.9 Å². The molecular weight excluding hydrogens is 341 g/mol. The van der Waals surface area contributed by atoms with E-state index in [9.17, 15) is 30.7 Å². The summed E-state index contributed by atoms with van der Waals surface area (Å²) in [5, 5.41) is 0.103. The van der Waals surface area contributed by atoms with E-state index >= 15 is 0 Å². The van der Waals surface area contributed by atoms with Crippen molar-refractivity contribution in [3.63, 3.8) is 0 Å². The molecule has 1 atom stereocenters. The summed E-state index contributed by atoms with van der Waals surface area (Å²) in [4.78, 5) is 0. The van der Waals surface area contributed by atoms with Gasteiger partial charge in [-0.25, -0.2) is 0 Å². The Labute approximate surface area is 127 Å². The van der Waals surface area contributed by atoms with Crippen LogP contribution in [-0.2, 0) is 10.3 Å². The van der Waals surface area contributed by atoms with Crippen LogP contribution < -0.4 is 0 Å². The highest BCUT2D eigenvalue weighted by Gasteiger charge is 2.73. The van der Waals surface area contributed by atoms with E-state index in [4.69, 9.17) is 16.3 Å². The van der Waals surface area contributed by atoms with Crippen LogP contribution in [0.3, 0.4) is 0 Å². The van der Waals surface area contributed by atoms with Crippen LogP contribution in [-0.4, -0.2) is 25.1 Å². The Morgan fingerprint density at radius 1 is 1.05 bits per heavy atom. The normalized spacial score (nSPS) is 16.5. The van der Waals surface area contributed by atoms with Gasteiger partial charge in [0.1, 0.15) is 0 Å². The highest BCUT2D eigenvalue weighted by molar-refractivity contribution is 6.30. The summed E-state index contributed by atoms with van der Waals surface area (Å²) >= 11 is 5.67. The molecule has 0 heterocycles. The molecule has 0 radical (unpaired) electrons. The second kappa shape index (κ2) is 5.88. The van der Waals surface area contributed by atoms with E-state index in [1.807, 2.05) is 0 Å². The first-order chi connectivity index (χ1) is 9.77. The monoisotopic (exact) mass is 352 g/mol. The average Bonchev–Trinajstić information content (AvgIpc) is 2.36. The number of halogens is 8. The molecule has 0 aliphatic carbocycles. The molecule has 0 saturated carbocycles. The highest BCUT2D eigenvalue weighted by atomic mass is 35.5. The van der Waals surface area contributed by atoms with E-state index in [0.29, 0.717) is 0 Å². The van der Waals surface area contributed by atoms with Crippen molar-refractivity contribution in [2.24, 2.45) is 0 Å². The fraction of sp³-hybridized carbons (Fsp3) is 0.538. The van der Waals surface area contributed by atoms with Crippen LogP contribution in [0, 0.1) is 0 Å². The van der Waals surface area contributed by atoms with E-state index in [2.05, 4.69) is 0 Å². The predicted molar refractivity (Wildman–Crippen MR) is 66.4 cm³/mol. The van der Waals surface area contributed by atoms with Gasteiger partial charge < -0.3 is 4.74 Å². The van der Waals surface area contributed by atoms with Gasteiger partial charge in [-0.3, -0.25) is 0 Å². The van der Waals surface area contributed by atoms with Gasteiger partial charge in [-0.1, -0.05) is 23.7 Å².